The molecular formula is C19H23NO2. The largest absolute Gasteiger partial charge is 0.464 e. The van der Waals surface area contributed by atoms with Gasteiger partial charge < -0.3 is 9.73 Å². The quantitative estimate of drug-likeness (QED) is 0.885. The molecule has 22 heavy (non-hydrogen) atoms. The van der Waals surface area contributed by atoms with Gasteiger partial charge in [0.05, 0.1) is 11.8 Å². The van der Waals surface area contributed by atoms with Crippen molar-refractivity contribution in [1.29, 1.82) is 0 Å². The summed E-state index contributed by atoms with van der Waals surface area (Å²) in [4.78, 5) is 12.7. The maximum Gasteiger partial charge on any atom is 0.252 e. The smallest absolute Gasteiger partial charge is 0.252 e. The first-order chi connectivity index (χ1) is 10.8. The van der Waals surface area contributed by atoms with Crippen LogP contribution in [0.4, 0.5) is 0 Å². The highest BCUT2D eigenvalue weighted by atomic mass is 16.3. The number of hydrogen-bond donors (Lipinski definition) is 1. The Bertz CT molecular complexity index is 596. The van der Waals surface area contributed by atoms with Gasteiger partial charge in [0, 0.05) is 11.6 Å². The number of benzene rings is 1. The molecule has 1 aromatic heterocycles. The van der Waals surface area contributed by atoms with Crippen LogP contribution in [-0.4, -0.2) is 11.9 Å². The van der Waals surface area contributed by atoms with Gasteiger partial charge in [0.2, 0.25) is 0 Å². The van der Waals surface area contributed by atoms with E-state index >= 15 is 0 Å². The molecule has 1 saturated carbocycles. The Morgan fingerprint density at radius 1 is 0.955 bits per heavy atom. The van der Waals surface area contributed by atoms with Crippen molar-refractivity contribution in [1.82, 2.24) is 5.32 Å². The highest BCUT2D eigenvalue weighted by molar-refractivity contribution is 6.00. The molecule has 0 aliphatic heterocycles. The summed E-state index contributed by atoms with van der Waals surface area (Å²) in [5, 5.41) is 3.22. The van der Waals surface area contributed by atoms with Crippen molar-refractivity contribution in [2.45, 2.75) is 51.0 Å². The summed E-state index contributed by atoms with van der Waals surface area (Å²) in [7, 11) is 0. The van der Waals surface area contributed by atoms with Gasteiger partial charge in [0.1, 0.15) is 5.76 Å². The van der Waals surface area contributed by atoms with Gasteiger partial charge in [-0.25, -0.2) is 0 Å². The summed E-state index contributed by atoms with van der Waals surface area (Å²) in [5.41, 5.74) is 1.55. The molecule has 1 aliphatic carbocycles. The first kappa shape index (κ1) is 14.9. The summed E-state index contributed by atoms with van der Waals surface area (Å²) < 4.78 is 5.46. The van der Waals surface area contributed by atoms with Crippen LogP contribution in [0.1, 0.15) is 55.3 Å². The zero-order valence-corrected chi connectivity index (χ0v) is 12.9. The molecule has 1 heterocycles. The molecule has 0 unspecified atom stereocenters. The molecule has 0 spiro atoms. The fourth-order valence-corrected chi connectivity index (χ4v) is 3.19. The lowest BCUT2D eigenvalue weighted by molar-refractivity contribution is 0.0931. The van der Waals surface area contributed by atoms with Crippen molar-refractivity contribution in [3.05, 3.63) is 48.2 Å². The molecule has 1 aromatic carbocycles. The number of carbonyl (C=O) groups excluding carboxylic acids is 1. The summed E-state index contributed by atoms with van der Waals surface area (Å²) >= 11 is 0. The van der Waals surface area contributed by atoms with Gasteiger partial charge in [-0.2, -0.15) is 0 Å². The summed E-state index contributed by atoms with van der Waals surface area (Å²) in [5.74, 6) is 0.751. The highest BCUT2D eigenvalue weighted by Gasteiger charge is 2.18. The van der Waals surface area contributed by atoms with Gasteiger partial charge in [-0.3, -0.25) is 4.79 Å². The van der Waals surface area contributed by atoms with E-state index in [0.29, 0.717) is 11.6 Å². The molecule has 0 radical (unpaired) electrons. The summed E-state index contributed by atoms with van der Waals surface area (Å²) in [6, 6.07) is 11.7. The molecule has 1 amide bonds. The zero-order valence-electron chi connectivity index (χ0n) is 12.9. The van der Waals surface area contributed by atoms with E-state index in [-0.39, 0.29) is 5.91 Å². The number of hydrogen-bond acceptors (Lipinski definition) is 2. The molecular weight excluding hydrogens is 274 g/mol. The van der Waals surface area contributed by atoms with E-state index in [0.717, 1.165) is 24.2 Å². The van der Waals surface area contributed by atoms with Crippen LogP contribution < -0.4 is 5.32 Å². The molecule has 116 valence electrons. The van der Waals surface area contributed by atoms with Gasteiger partial charge in [0.25, 0.3) is 5.91 Å². The van der Waals surface area contributed by atoms with Crippen LogP contribution in [0.15, 0.2) is 47.1 Å². The summed E-state index contributed by atoms with van der Waals surface area (Å²) in [6.07, 6.45) is 10.2. The number of amides is 1. The Morgan fingerprint density at radius 3 is 2.41 bits per heavy atom. The fraction of sp³-hybridized carbons (Fsp3) is 0.421. The molecule has 3 nitrogen and oxygen atoms in total. The van der Waals surface area contributed by atoms with Gasteiger partial charge >= 0.3 is 0 Å². The first-order valence-corrected chi connectivity index (χ1v) is 8.28. The third-order valence-corrected chi connectivity index (χ3v) is 4.40. The Morgan fingerprint density at radius 2 is 1.68 bits per heavy atom. The molecule has 3 rings (SSSR count). The average molecular weight is 297 g/mol. The van der Waals surface area contributed by atoms with Crippen molar-refractivity contribution in [2.75, 3.05) is 0 Å². The number of furan rings is 1. The van der Waals surface area contributed by atoms with E-state index in [9.17, 15) is 4.79 Å². The monoisotopic (exact) mass is 297 g/mol. The number of nitrogens with one attached hydrogen (secondary N) is 1. The van der Waals surface area contributed by atoms with E-state index in [1.54, 1.807) is 6.26 Å². The molecule has 1 N–H and O–H groups in total. The van der Waals surface area contributed by atoms with Crippen molar-refractivity contribution in [3.8, 4) is 11.3 Å². The minimum Gasteiger partial charge on any atom is -0.464 e. The lowest BCUT2D eigenvalue weighted by Crippen LogP contribution is -2.35. The average Bonchev–Trinajstić information content (AvgIpc) is 3.04. The Hall–Kier alpha value is -2.03. The van der Waals surface area contributed by atoms with Crippen LogP contribution >= 0.6 is 0 Å². The number of carbonyl (C=O) groups is 1. The molecule has 1 aliphatic rings. The minimum atomic E-state index is 0.0116. The molecule has 1 fully saturated rings. The zero-order chi connectivity index (χ0) is 15.2. The molecule has 2 aromatic rings. The van der Waals surface area contributed by atoms with Crippen molar-refractivity contribution < 1.29 is 9.21 Å². The Kier molecular flexibility index (Phi) is 4.94. The molecule has 0 atom stereocenters. The maximum absolute atomic E-state index is 12.7. The van der Waals surface area contributed by atoms with Crippen LogP contribution in [0.2, 0.25) is 0 Å². The van der Waals surface area contributed by atoms with Crippen molar-refractivity contribution in [3.63, 3.8) is 0 Å². The van der Waals surface area contributed by atoms with Crippen molar-refractivity contribution >= 4 is 5.91 Å². The van der Waals surface area contributed by atoms with Gasteiger partial charge in [0.15, 0.2) is 0 Å². The van der Waals surface area contributed by atoms with Gasteiger partial charge in [-0.1, -0.05) is 50.3 Å². The maximum atomic E-state index is 12.7. The van der Waals surface area contributed by atoms with Crippen LogP contribution in [0.25, 0.3) is 11.3 Å². The first-order valence-electron chi connectivity index (χ1n) is 8.28. The highest BCUT2D eigenvalue weighted by Crippen LogP contribution is 2.24. The second-order valence-corrected chi connectivity index (χ2v) is 6.04. The van der Waals surface area contributed by atoms with E-state index in [1.165, 1.54) is 32.1 Å². The van der Waals surface area contributed by atoms with E-state index in [2.05, 4.69) is 5.32 Å². The number of rotatable bonds is 3. The van der Waals surface area contributed by atoms with Crippen LogP contribution in [0.5, 0.6) is 0 Å². The van der Waals surface area contributed by atoms with Gasteiger partial charge in [-0.05, 0) is 31.0 Å². The molecule has 3 heteroatoms. The predicted octanol–water partition coefficient (Wildman–Crippen LogP) is 4.79. The molecule has 0 saturated heterocycles. The van der Waals surface area contributed by atoms with Crippen LogP contribution in [-0.2, 0) is 0 Å². The predicted molar refractivity (Wildman–Crippen MR) is 87.7 cm³/mol. The van der Waals surface area contributed by atoms with E-state index < -0.39 is 0 Å². The lowest BCUT2D eigenvalue weighted by Gasteiger charge is -2.21. The van der Waals surface area contributed by atoms with E-state index in [1.807, 2.05) is 36.4 Å². The fourth-order valence-electron chi connectivity index (χ4n) is 3.19. The SMILES string of the molecule is O=C(NC1CCCCCCC1)c1ccccc1-c1ccco1. The van der Waals surface area contributed by atoms with E-state index in [4.69, 9.17) is 4.42 Å². The normalized spacial score (nSPS) is 16.7. The third-order valence-electron chi connectivity index (χ3n) is 4.40. The summed E-state index contributed by atoms with van der Waals surface area (Å²) in [6.45, 7) is 0. The van der Waals surface area contributed by atoms with Crippen LogP contribution in [0, 0.1) is 0 Å². The topological polar surface area (TPSA) is 42.2 Å². The van der Waals surface area contributed by atoms with Crippen molar-refractivity contribution in [2.24, 2.45) is 0 Å². The second-order valence-electron chi connectivity index (χ2n) is 6.04. The Balaban J connectivity index is 1.74. The Labute approximate surface area is 131 Å². The minimum absolute atomic E-state index is 0.0116. The van der Waals surface area contributed by atoms with Crippen LogP contribution in [0.3, 0.4) is 0 Å². The standard InChI is InChI=1S/C19H23NO2/c21-19(20-15-9-4-2-1-3-5-10-15)17-12-7-6-11-16(17)18-13-8-14-22-18/h6-8,11-15H,1-5,9-10H2,(H,20,21). The third kappa shape index (κ3) is 3.59. The van der Waals surface area contributed by atoms with Gasteiger partial charge in [-0.15, -0.1) is 0 Å². The second kappa shape index (κ2) is 7.30. The molecule has 0 bridgehead atoms. The lowest BCUT2D eigenvalue weighted by atomic mass is 9.96.